The summed E-state index contributed by atoms with van der Waals surface area (Å²) in [5, 5.41) is 0. The van der Waals surface area contributed by atoms with Crippen LogP contribution >= 0.6 is 0 Å². The van der Waals surface area contributed by atoms with Crippen LogP contribution in [0, 0.1) is 0 Å². The number of hydrogen-bond donors (Lipinski definition) is 4. The van der Waals surface area contributed by atoms with Gasteiger partial charge in [0.2, 0.25) is 0 Å². The van der Waals surface area contributed by atoms with Crippen LogP contribution in [0.3, 0.4) is 0 Å². The Bertz CT molecular complexity index is 928. The summed E-state index contributed by atoms with van der Waals surface area (Å²) >= 11 is 0. The molecule has 1 aliphatic heterocycles. The molecule has 0 aliphatic carbocycles. The summed E-state index contributed by atoms with van der Waals surface area (Å²) in [7, 11) is 1.67. The number of fused-ring (bicyclic) bond motifs is 1. The monoisotopic (exact) mass is 349 g/mol. The van der Waals surface area contributed by atoms with Gasteiger partial charge in [-0.2, -0.15) is 0 Å². The molecule has 0 amide bonds. The zero-order valence-electron chi connectivity index (χ0n) is 14.2. The van der Waals surface area contributed by atoms with E-state index in [1.54, 1.807) is 13.2 Å². The van der Waals surface area contributed by atoms with Gasteiger partial charge >= 0.3 is 0 Å². The molecular formula is C19H19N5O2. The molecule has 0 unspecified atom stereocenters. The summed E-state index contributed by atoms with van der Waals surface area (Å²) in [4.78, 5) is 4.18. The number of methoxy groups -OCH3 is 1. The number of ether oxygens (including phenoxy) is 2. The molecule has 2 aromatic carbocycles. The highest BCUT2D eigenvalue weighted by Gasteiger charge is 2.17. The maximum absolute atomic E-state index is 5.92. The van der Waals surface area contributed by atoms with E-state index in [0.717, 1.165) is 28.1 Å². The number of nitrogens with zero attached hydrogens (tertiary/aromatic N) is 1. The average molecular weight is 349 g/mol. The van der Waals surface area contributed by atoms with Crippen molar-refractivity contribution < 1.29 is 9.47 Å². The lowest BCUT2D eigenvalue weighted by Crippen LogP contribution is -2.19. The van der Waals surface area contributed by atoms with Gasteiger partial charge in [0.15, 0.2) is 11.6 Å². The number of benzene rings is 2. The standard InChI is InChI=1S/C19H19N5O2/c1-25-15-4-2-3-14(9-15)13-7-5-12(6-8-13)11-26-16-10-17(20)21-19-18(16)22-24-23-19/h2-10,22,24H,11H2,1H3,(H3,20,21,23). The summed E-state index contributed by atoms with van der Waals surface area (Å²) in [6, 6.07) is 17.9. The Labute approximate surface area is 151 Å². The molecule has 1 aliphatic rings. The van der Waals surface area contributed by atoms with Gasteiger partial charge in [-0.1, -0.05) is 36.4 Å². The Balaban J connectivity index is 1.48. The van der Waals surface area contributed by atoms with E-state index < -0.39 is 0 Å². The van der Waals surface area contributed by atoms with Crippen LogP contribution < -0.4 is 31.6 Å². The fourth-order valence-corrected chi connectivity index (χ4v) is 2.78. The van der Waals surface area contributed by atoms with E-state index in [1.165, 1.54) is 0 Å². The van der Waals surface area contributed by atoms with Crippen molar-refractivity contribution in [1.82, 2.24) is 10.5 Å². The first kappa shape index (κ1) is 16.0. The van der Waals surface area contributed by atoms with E-state index in [4.69, 9.17) is 15.2 Å². The number of nitrogens with one attached hydrogen (secondary N) is 3. The van der Waals surface area contributed by atoms with E-state index in [2.05, 4.69) is 39.6 Å². The molecule has 2 heterocycles. The number of nitrogen functional groups attached to an aromatic ring is 1. The summed E-state index contributed by atoms with van der Waals surface area (Å²) in [6.07, 6.45) is 0. The largest absolute Gasteiger partial charge is 0.497 e. The first-order chi connectivity index (χ1) is 12.7. The van der Waals surface area contributed by atoms with Crippen molar-refractivity contribution in [2.45, 2.75) is 6.61 Å². The number of pyridine rings is 1. The summed E-state index contributed by atoms with van der Waals surface area (Å²) in [6.45, 7) is 0.427. The second-order valence-corrected chi connectivity index (χ2v) is 5.86. The minimum absolute atomic E-state index is 0.394. The molecule has 5 N–H and O–H groups in total. The van der Waals surface area contributed by atoms with Gasteiger partial charge in [0.1, 0.15) is 23.9 Å². The second-order valence-electron chi connectivity index (χ2n) is 5.86. The van der Waals surface area contributed by atoms with E-state index >= 15 is 0 Å². The third-order valence-corrected chi connectivity index (χ3v) is 4.12. The molecule has 3 aromatic rings. The lowest BCUT2D eigenvalue weighted by atomic mass is 10.0. The first-order valence-corrected chi connectivity index (χ1v) is 8.16. The van der Waals surface area contributed by atoms with E-state index in [9.17, 15) is 0 Å². The number of hydrazine groups is 2. The Morgan fingerprint density at radius 3 is 2.65 bits per heavy atom. The smallest absolute Gasteiger partial charge is 0.172 e. The minimum Gasteiger partial charge on any atom is -0.497 e. The van der Waals surface area contributed by atoms with Crippen molar-refractivity contribution in [3.63, 3.8) is 0 Å². The summed E-state index contributed by atoms with van der Waals surface area (Å²) < 4.78 is 11.2. The van der Waals surface area contributed by atoms with Crippen molar-refractivity contribution >= 4 is 17.3 Å². The topological polar surface area (TPSA) is 93.5 Å². The molecule has 0 radical (unpaired) electrons. The number of aromatic nitrogens is 1. The Hall–Kier alpha value is -3.45. The number of rotatable bonds is 5. The van der Waals surface area contributed by atoms with Crippen LogP contribution in [-0.2, 0) is 6.61 Å². The summed E-state index contributed by atoms with van der Waals surface area (Å²) in [5.41, 5.74) is 18.5. The molecule has 0 fully saturated rings. The molecule has 7 nitrogen and oxygen atoms in total. The van der Waals surface area contributed by atoms with Gasteiger partial charge in [0.25, 0.3) is 0 Å². The van der Waals surface area contributed by atoms with E-state index in [1.807, 2.05) is 30.3 Å². The van der Waals surface area contributed by atoms with Gasteiger partial charge in [-0.3, -0.25) is 10.9 Å². The third-order valence-electron chi connectivity index (χ3n) is 4.12. The molecule has 7 heteroatoms. The van der Waals surface area contributed by atoms with Crippen LogP contribution in [-0.4, -0.2) is 12.1 Å². The molecule has 26 heavy (non-hydrogen) atoms. The molecule has 1 aromatic heterocycles. The number of anilines is 3. The first-order valence-electron chi connectivity index (χ1n) is 8.16. The minimum atomic E-state index is 0.394. The van der Waals surface area contributed by atoms with Gasteiger partial charge in [-0.05, 0) is 28.8 Å². The molecule has 4 rings (SSSR count). The second kappa shape index (κ2) is 6.81. The highest BCUT2D eigenvalue weighted by molar-refractivity contribution is 5.76. The zero-order chi connectivity index (χ0) is 17.9. The van der Waals surface area contributed by atoms with Crippen LogP contribution in [0.1, 0.15) is 5.56 Å². The van der Waals surface area contributed by atoms with E-state index in [-0.39, 0.29) is 0 Å². The summed E-state index contributed by atoms with van der Waals surface area (Å²) in [5.74, 6) is 2.49. The van der Waals surface area contributed by atoms with Crippen LogP contribution in [0.5, 0.6) is 11.5 Å². The maximum atomic E-state index is 5.92. The highest BCUT2D eigenvalue weighted by Crippen LogP contribution is 2.35. The Morgan fingerprint density at radius 1 is 1.00 bits per heavy atom. The lowest BCUT2D eigenvalue weighted by molar-refractivity contribution is 0.308. The molecule has 0 saturated heterocycles. The fourth-order valence-electron chi connectivity index (χ4n) is 2.78. The normalized spacial score (nSPS) is 12.0. The number of hydrogen-bond acceptors (Lipinski definition) is 7. The van der Waals surface area contributed by atoms with Crippen molar-refractivity contribution in [1.29, 1.82) is 0 Å². The molecule has 0 saturated carbocycles. The third kappa shape index (κ3) is 3.20. The van der Waals surface area contributed by atoms with Crippen molar-refractivity contribution in [3.8, 4) is 22.6 Å². The van der Waals surface area contributed by atoms with E-state index in [0.29, 0.717) is 24.0 Å². The predicted molar refractivity (Wildman–Crippen MR) is 102 cm³/mol. The van der Waals surface area contributed by atoms with Crippen molar-refractivity contribution in [2.75, 3.05) is 23.7 Å². The van der Waals surface area contributed by atoms with Gasteiger partial charge in [-0.25, -0.2) is 4.98 Å². The van der Waals surface area contributed by atoms with Crippen LogP contribution in [0.15, 0.2) is 54.6 Å². The van der Waals surface area contributed by atoms with Crippen LogP contribution in [0.25, 0.3) is 11.1 Å². The van der Waals surface area contributed by atoms with Gasteiger partial charge in [0.05, 0.1) is 7.11 Å². The van der Waals surface area contributed by atoms with Crippen LogP contribution in [0.2, 0.25) is 0 Å². The molecule has 132 valence electrons. The average Bonchev–Trinajstić information content (AvgIpc) is 3.15. The maximum Gasteiger partial charge on any atom is 0.172 e. The molecule has 0 atom stereocenters. The van der Waals surface area contributed by atoms with Crippen LogP contribution in [0.4, 0.5) is 17.3 Å². The Kier molecular flexibility index (Phi) is 4.20. The highest BCUT2D eigenvalue weighted by atomic mass is 16.5. The predicted octanol–water partition coefficient (Wildman–Crippen LogP) is 3.18. The number of nitrogens with two attached hydrogens (primary N) is 1. The quantitative estimate of drug-likeness (QED) is 0.562. The molecule has 0 spiro atoms. The van der Waals surface area contributed by atoms with Crippen molar-refractivity contribution in [3.05, 3.63) is 60.2 Å². The molecule has 0 bridgehead atoms. The zero-order valence-corrected chi connectivity index (χ0v) is 14.2. The van der Waals surface area contributed by atoms with Gasteiger partial charge in [-0.15, -0.1) is 5.53 Å². The van der Waals surface area contributed by atoms with Gasteiger partial charge in [0, 0.05) is 6.07 Å². The fraction of sp³-hybridized carbons (Fsp3) is 0.105. The van der Waals surface area contributed by atoms with Crippen molar-refractivity contribution in [2.24, 2.45) is 0 Å². The molecular weight excluding hydrogens is 330 g/mol. The van der Waals surface area contributed by atoms with Gasteiger partial charge < -0.3 is 15.2 Å². The SMILES string of the molecule is COc1cccc(-c2ccc(COc3cc(N)nc4c3NNN4)cc2)c1. The Morgan fingerprint density at radius 2 is 1.85 bits per heavy atom. The lowest BCUT2D eigenvalue weighted by Gasteiger charge is -2.11.